The van der Waals surface area contributed by atoms with Gasteiger partial charge in [0.15, 0.2) is 11.6 Å². The summed E-state index contributed by atoms with van der Waals surface area (Å²) in [5.74, 6) is -0.295. The molecule has 0 spiro atoms. The van der Waals surface area contributed by atoms with Crippen molar-refractivity contribution in [3.8, 4) is 0 Å². The van der Waals surface area contributed by atoms with Crippen LogP contribution >= 0.6 is 0 Å². The first kappa shape index (κ1) is 10.5. The second-order valence-electron chi connectivity index (χ2n) is 3.23. The summed E-state index contributed by atoms with van der Waals surface area (Å²) in [5, 5.41) is 7.64. The quantitative estimate of drug-likeness (QED) is 0.666. The van der Waals surface area contributed by atoms with E-state index in [-0.39, 0.29) is 11.6 Å². The van der Waals surface area contributed by atoms with Gasteiger partial charge in [0.2, 0.25) is 0 Å². The minimum Gasteiger partial charge on any atom is -0.294 e. The fourth-order valence-electron chi connectivity index (χ4n) is 1.47. The molecule has 0 radical (unpaired) electrons. The summed E-state index contributed by atoms with van der Waals surface area (Å²) in [7, 11) is 0. The molecule has 0 aliphatic rings. The van der Waals surface area contributed by atoms with E-state index in [1.54, 1.807) is 13.8 Å². The minimum atomic E-state index is -0.147. The molecule has 0 atom stereocenters. The van der Waals surface area contributed by atoms with Crippen molar-refractivity contribution in [2.75, 3.05) is 0 Å². The molecule has 4 nitrogen and oxygen atoms in total. The lowest BCUT2D eigenvalue weighted by Crippen LogP contribution is -2.12. The van der Waals surface area contributed by atoms with Gasteiger partial charge in [-0.15, -0.1) is 0 Å². The van der Waals surface area contributed by atoms with Crippen LogP contribution in [0.5, 0.6) is 0 Å². The summed E-state index contributed by atoms with van der Waals surface area (Å²) in [6, 6.07) is 0. The molecule has 1 rings (SSSR count). The van der Waals surface area contributed by atoms with E-state index in [2.05, 4.69) is 10.2 Å². The number of hydrogen-bond acceptors (Lipinski definition) is 4. The number of aromatic nitrogens is 2. The van der Waals surface area contributed by atoms with Crippen LogP contribution in [0.2, 0.25) is 0 Å². The van der Waals surface area contributed by atoms with Crippen LogP contribution in [-0.2, 0) is 0 Å². The molecule has 1 heterocycles. The Labute approximate surface area is 82.4 Å². The van der Waals surface area contributed by atoms with Crippen molar-refractivity contribution in [2.45, 2.75) is 27.7 Å². The van der Waals surface area contributed by atoms with Crippen molar-refractivity contribution in [3.05, 3.63) is 22.5 Å². The number of nitrogens with zero attached hydrogens (tertiary/aromatic N) is 2. The normalized spacial score (nSPS) is 10.0. The van der Waals surface area contributed by atoms with E-state index in [1.165, 1.54) is 13.8 Å². The van der Waals surface area contributed by atoms with Crippen molar-refractivity contribution < 1.29 is 9.59 Å². The van der Waals surface area contributed by atoms with Crippen LogP contribution in [0.25, 0.3) is 0 Å². The molecule has 14 heavy (non-hydrogen) atoms. The summed E-state index contributed by atoms with van der Waals surface area (Å²) in [4.78, 5) is 22.6. The number of carbonyl (C=O) groups is 2. The van der Waals surface area contributed by atoms with Crippen LogP contribution in [0.3, 0.4) is 0 Å². The second-order valence-corrected chi connectivity index (χ2v) is 3.23. The largest absolute Gasteiger partial charge is 0.294 e. The van der Waals surface area contributed by atoms with E-state index in [9.17, 15) is 9.59 Å². The molecule has 0 fully saturated rings. The molecule has 1 aromatic heterocycles. The van der Waals surface area contributed by atoms with Crippen molar-refractivity contribution in [3.63, 3.8) is 0 Å². The Morgan fingerprint density at radius 1 is 0.857 bits per heavy atom. The van der Waals surface area contributed by atoms with Gasteiger partial charge in [0.1, 0.15) is 0 Å². The number of carbonyl (C=O) groups excluding carboxylic acids is 2. The number of hydrogen-bond donors (Lipinski definition) is 0. The molecule has 0 saturated heterocycles. The average Bonchev–Trinajstić information content (AvgIpc) is 2.07. The van der Waals surface area contributed by atoms with Gasteiger partial charge in [0, 0.05) is 0 Å². The molecular formula is C10H12N2O2. The zero-order chi connectivity index (χ0) is 10.9. The molecule has 0 unspecified atom stereocenters. The third-order valence-electron chi connectivity index (χ3n) is 2.03. The topological polar surface area (TPSA) is 59.9 Å². The first-order valence-electron chi connectivity index (χ1n) is 4.31. The Bertz CT molecular complexity index is 372. The van der Waals surface area contributed by atoms with Gasteiger partial charge >= 0.3 is 0 Å². The third kappa shape index (κ3) is 1.69. The van der Waals surface area contributed by atoms with Gasteiger partial charge in [-0.1, -0.05) is 0 Å². The number of rotatable bonds is 2. The maximum atomic E-state index is 11.3. The van der Waals surface area contributed by atoms with Gasteiger partial charge in [-0.05, 0) is 27.7 Å². The van der Waals surface area contributed by atoms with Crippen LogP contribution in [0.4, 0.5) is 0 Å². The molecule has 0 aliphatic heterocycles. The van der Waals surface area contributed by atoms with Gasteiger partial charge in [-0.3, -0.25) is 9.59 Å². The van der Waals surface area contributed by atoms with Gasteiger partial charge in [-0.2, -0.15) is 10.2 Å². The van der Waals surface area contributed by atoms with E-state index in [0.29, 0.717) is 22.5 Å². The van der Waals surface area contributed by atoms with Crippen LogP contribution in [0.1, 0.15) is 46.0 Å². The second kappa shape index (κ2) is 3.65. The van der Waals surface area contributed by atoms with E-state index >= 15 is 0 Å². The van der Waals surface area contributed by atoms with E-state index in [1.807, 2.05) is 0 Å². The Morgan fingerprint density at radius 3 is 1.36 bits per heavy atom. The number of Topliss-reactive ketones (excluding diaryl/α,β-unsaturated/α-hetero) is 2. The van der Waals surface area contributed by atoms with Crippen molar-refractivity contribution in [2.24, 2.45) is 0 Å². The Hall–Kier alpha value is -1.58. The summed E-state index contributed by atoms with van der Waals surface area (Å²) in [5.41, 5.74) is 1.80. The lowest BCUT2D eigenvalue weighted by atomic mass is 9.99. The first-order valence-corrected chi connectivity index (χ1v) is 4.31. The fraction of sp³-hybridized carbons (Fsp3) is 0.400. The van der Waals surface area contributed by atoms with E-state index < -0.39 is 0 Å². The first-order chi connectivity index (χ1) is 6.45. The van der Waals surface area contributed by atoms with Crippen molar-refractivity contribution >= 4 is 11.6 Å². The Balaban J connectivity index is 3.58. The summed E-state index contributed by atoms with van der Waals surface area (Å²) >= 11 is 0. The molecule has 0 amide bonds. The van der Waals surface area contributed by atoms with Gasteiger partial charge in [0.05, 0.1) is 22.5 Å². The summed E-state index contributed by atoms with van der Waals surface area (Å²) < 4.78 is 0. The van der Waals surface area contributed by atoms with Crippen LogP contribution in [0.15, 0.2) is 0 Å². The molecule has 1 aromatic rings. The summed E-state index contributed by atoms with van der Waals surface area (Å²) in [6.45, 7) is 6.21. The van der Waals surface area contributed by atoms with E-state index in [4.69, 9.17) is 0 Å². The maximum absolute atomic E-state index is 11.3. The average molecular weight is 192 g/mol. The van der Waals surface area contributed by atoms with Crippen molar-refractivity contribution in [1.82, 2.24) is 10.2 Å². The number of ketones is 2. The van der Waals surface area contributed by atoms with Crippen LogP contribution in [-0.4, -0.2) is 21.8 Å². The lowest BCUT2D eigenvalue weighted by molar-refractivity contribution is 0.0978. The predicted molar refractivity (Wildman–Crippen MR) is 51.5 cm³/mol. The van der Waals surface area contributed by atoms with Crippen LogP contribution < -0.4 is 0 Å². The monoisotopic (exact) mass is 192 g/mol. The lowest BCUT2D eigenvalue weighted by Gasteiger charge is -2.07. The van der Waals surface area contributed by atoms with E-state index in [0.717, 1.165) is 0 Å². The maximum Gasteiger partial charge on any atom is 0.162 e. The highest BCUT2D eigenvalue weighted by Gasteiger charge is 2.18. The standard InChI is InChI=1S/C10H12N2O2/c1-5-9(7(3)13)10(8(4)14)6(2)12-11-5/h1-4H3. The highest BCUT2D eigenvalue weighted by Crippen LogP contribution is 2.15. The molecule has 4 heteroatoms. The van der Waals surface area contributed by atoms with Crippen LogP contribution in [0, 0.1) is 13.8 Å². The van der Waals surface area contributed by atoms with Gasteiger partial charge in [0.25, 0.3) is 0 Å². The molecule has 74 valence electrons. The molecule has 0 bridgehead atoms. The molecule has 0 aliphatic carbocycles. The van der Waals surface area contributed by atoms with Gasteiger partial charge in [-0.25, -0.2) is 0 Å². The smallest absolute Gasteiger partial charge is 0.162 e. The third-order valence-corrected chi connectivity index (χ3v) is 2.03. The van der Waals surface area contributed by atoms with Gasteiger partial charge < -0.3 is 0 Å². The molecule has 0 N–H and O–H groups in total. The highest BCUT2D eigenvalue weighted by molar-refractivity contribution is 6.08. The fourth-order valence-corrected chi connectivity index (χ4v) is 1.47. The Morgan fingerprint density at radius 2 is 1.14 bits per heavy atom. The van der Waals surface area contributed by atoms with Crippen molar-refractivity contribution in [1.29, 1.82) is 0 Å². The molecule has 0 aromatic carbocycles. The predicted octanol–water partition coefficient (Wildman–Crippen LogP) is 1.50. The molecule has 0 saturated carbocycles. The highest BCUT2D eigenvalue weighted by atomic mass is 16.1. The Kier molecular flexibility index (Phi) is 2.74. The summed E-state index contributed by atoms with van der Waals surface area (Å²) in [6.07, 6.45) is 0. The zero-order valence-corrected chi connectivity index (χ0v) is 8.71. The molecular weight excluding hydrogens is 180 g/mol. The SMILES string of the molecule is CC(=O)c1c(C)nnc(C)c1C(C)=O. The zero-order valence-electron chi connectivity index (χ0n) is 8.71. The minimum absolute atomic E-state index is 0.147. The number of aryl methyl sites for hydroxylation is 2.